The van der Waals surface area contributed by atoms with Gasteiger partial charge in [-0.2, -0.15) is 0 Å². The second kappa shape index (κ2) is 3.49. The van der Waals surface area contributed by atoms with Crippen LogP contribution in [0, 0.1) is 0 Å². The van der Waals surface area contributed by atoms with E-state index < -0.39 is 0 Å². The summed E-state index contributed by atoms with van der Waals surface area (Å²) in [6.07, 6.45) is 1.75. The monoisotopic (exact) mass is 192 g/mol. The highest BCUT2D eigenvalue weighted by Gasteiger charge is 2.04. The molecule has 66 valence electrons. The molecule has 0 atom stereocenters. The Kier molecular flexibility index (Phi) is 2.18. The summed E-state index contributed by atoms with van der Waals surface area (Å²) in [4.78, 5) is 4.18. The highest BCUT2D eigenvalue weighted by atomic mass is 32.1. The lowest BCUT2D eigenvalue weighted by Gasteiger charge is -1.90. The third-order valence-electron chi connectivity index (χ3n) is 1.52. The van der Waals surface area contributed by atoms with Gasteiger partial charge in [-0.3, -0.25) is 4.98 Å². The van der Waals surface area contributed by atoms with Crippen LogP contribution < -0.4 is 5.32 Å². The Bertz CT molecular complexity index is 384. The minimum absolute atomic E-state index is 0.806. The Morgan fingerprint density at radius 3 is 2.85 bits per heavy atom. The van der Waals surface area contributed by atoms with Crippen molar-refractivity contribution >= 4 is 16.5 Å². The van der Waals surface area contributed by atoms with Crippen molar-refractivity contribution in [2.45, 2.75) is 0 Å². The van der Waals surface area contributed by atoms with E-state index in [4.69, 9.17) is 0 Å². The van der Waals surface area contributed by atoms with Gasteiger partial charge < -0.3 is 5.32 Å². The molecule has 0 amide bonds. The molecule has 0 aliphatic heterocycles. The van der Waals surface area contributed by atoms with Gasteiger partial charge in [0.1, 0.15) is 5.69 Å². The molecule has 2 rings (SSSR count). The molecule has 0 saturated heterocycles. The Labute approximate surface area is 79.7 Å². The zero-order valence-electron chi connectivity index (χ0n) is 7.06. The lowest BCUT2D eigenvalue weighted by Crippen LogP contribution is -1.84. The van der Waals surface area contributed by atoms with E-state index in [0.717, 1.165) is 15.8 Å². The van der Waals surface area contributed by atoms with Crippen LogP contribution in [-0.2, 0) is 0 Å². The van der Waals surface area contributed by atoms with Crippen molar-refractivity contribution in [3.05, 3.63) is 24.4 Å². The Hall–Kier alpha value is -1.49. The fraction of sp³-hybridized carbons (Fsp3) is 0.125. The smallest absolute Gasteiger partial charge is 0.205 e. The van der Waals surface area contributed by atoms with Crippen molar-refractivity contribution in [3.8, 4) is 10.7 Å². The molecule has 0 aliphatic rings. The van der Waals surface area contributed by atoms with E-state index in [1.54, 1.807) is 6.20 Å². The van der Waals surface area contributed by atoms with Gasteiger partial charge in [-0.15, -0.1) is 10.2 Å². The standard InChI is InChI=1S/C8H8N4S/c1-9-8-12-11-7(13-8)6-4-2-3-5-10-6/h2-5H,1H3,(H,9,12). The summed E-state index contributed by atoms with van der Waals surface area (Å²) in [7, 11) is 1.82. The van der Waals surface area contributed by atoms with Crippen molar-refractivity contribution in [2.24, 2.45) is 0 Å². The lowest BCUT2D eigenvalue weighted by atomic mass is 10.4. The number of hydrogen-bond donors (Lipinski definition) is 1. The Morgan fingerprint density at radius 2 is 2.23 bits per heavy atom. The predicted molar refractivity (Wildman–Crippen MR) is 52.7 cm³/mol. The maximum Gasteiger partial charge on any atom is 0.205 e. The van der Waals surface area contributed by atoms with Crippen LogP contribution in [-0.4, -0.2) is 22.2 Å². The van der Waals surface area contributed by atoms with E-state index >= 15 is 0 Å². The molecule has 2 heterocycles. The summed E-state index contributed by atoms with van der Waals surface area (Å²) in [5.41, 5.74) is 0.863. The van der Waals surface area contributed by atoms with Crippen LogP contribution in [0.4, 0.5) is 5.13 Å². The SMILES string of the molecule is CNc1nnc(-c2ccccn2)s1. The zero-order valence-corrected chi connectivity index (χ0v) is 7.88. The molecule has 2 aromatic rings. The minimum atomic E-state index is 0.806. The number of aromatic nitrogens is 3. The Morgan fingerprint density at radius 1 is 1.31 bits per heavy atom. The molecule has 13 heavy (non-hydrogen) atoms. The van der Waals surface area contributed by atoms with E-state index in [9.17, 15) is 0 Å². The van der Waals surface area contributed by atoms with Crippen LogP contribution in [0.1, 0.15) is 0 Å². The third-order valence-corrected chi connectivity index (χ3v) is 2.49. The largest absolute Gasteiger partial charge is 0.363 e. The van der Waals surface area contributed by atoms with Gasteiger partial charge in [-0.25, -0.2) is 0 Å². The van der Waals surface area contributed by atoms with Gasteiger partial charge in [0, 0.05) is 13.2 Å². The van der Waals surface area contributed by atoms with Crippen molar-refractivity contribution in [1.29, 1.82) is 0 Å². The van der Waals surface area contributed by atoms with Gasteiger partial charge in [0.25, 0.3) is 0 Å². The molecule has 2 aromatic heterocycles. The number of rotatable bonds is 2. The van der Waals surface area contributed by atoms with Crippen LogP contribution in [0.2, 0.25) is 0 Å². The Balaban J connectivity index is 2.36. The highest BCUT2D eigenvalue weighted by Crippen LogP contribution is 2.23. The molecule has 0 spiro atoms. The van der Waals surface area contributed by atoms with Crippen molar-refractivity contribution < 1.29 is 0 Å². The predicted octanol–water partition coefficient (Wildman–Crippen LogP) is 1.64. The summed E-state index contributed by atoms with van der Waals surface area (Å²) in [6, 6.07) is 5.73. The van der Waals surface area contributed by atoms with Crippen LogP contribution >= 0.6 is 11.3 Å². The minimum Gasteiger partial charge on any atom is -0.363 e. The van der Waals surface area contributed by atoms with Crippen molar-refractivity contribution in [2.75, 3.05) is 12.4 Å². The third kappa shape index (κ3) is 1.65. The van der Waals surface area contributed by atoms with Gasteiger partial charge in [0.15, 0.2) is 5.01 Å². The normalized spacial score (nSPS) is 9.92. The van der Waals surface area contributed by atoms with Gasteiger partial charge in [-0.1, -0.05) is 17.4 Å². The number of nitrogens with zero attached hydrogens (tertiary/aromatic N) is 3. The number of pyridine rings is 1. The van der Waals surface area contributed by atoms with E-state index in [1.165, 1.54) is 11.3 Å². The maximum absolute atomic E-state index is 4.18. The molecular formula is C8H8N4S. The molecule has 4 nitrogen and oxygen atoms in total. The van der Waals surface area contributed by atoms with Gasteiger partial charge in [0.2, 0.25) is 5.13 Å². The molecule has 0 bridgehead atoms. The van der Waals surface area contributed by atoms with Crippen molar-refractivity contribution in [1.82, 2.24) is 15.2 Å². The van der Waals surface area contributed by atoms with E-state index in [1.807, 2.05) is 25.2 Å². The van der Waals surface area contributed by atoms with E-state index in [2.05, 4.69) is 20.5 Å². The van der Waals surface area contributed by atoms with E-state index in [-0.39, 0.29) is 0 Å². The fourth-order valence-corrected chi connectivity index (χ4v) is 1.59. The molecule has 1 N–H and O–H groups in total. The first-order valence-corrected chi connectivity index (χ1v) is 4.64. The summed E-state index contributed by atoms with van der Waals surface area (Å²) >= 11 is 1.49. The average molecular weight is 192 g/mol. The summed E-state index contributed by atoms with van der Waals surface area (Å²) in [5, 5.41) is 12.5. The first kappa shape index (κ1) is 8.12. The highest BCUT2D eigenvalue weighted by molar-refractivity contribution is 7.18. The number of anilines is 1. The maximum atomic E-state index is 4.18. The van der Waals surface area contributed by atoms with Crippen LogP contribution in [0.3, 0.4) is 0 Å². The molecule has 0 radical (unpaired) electrons. The molecule has 0 saturated carbocycles. The first-order chi connectivity index (χ1) is 6.40. The fourth-order valence-electron chi connectivity index (χ4n) is 0.917. The average Bonchev–Trinajstić information content (AvgIpc) is 2.67. The first-order valence-electron chi connectivity index (χ1n) is 3.83. The topological polar surface area (TPSA) is 50.7 Å². The molecular weight excluding hydrogens is 184 g/mol. The second-order valence-corrected chi connectivity index (χ2v) is 3.35. The van der Waals surface area contributed by atoms with Gasteiger partial charge in [0.05, 0.1) is 0 Å². The molecule has 0 aliphatic carbocycles. The van der Waals surface area contributed by atoms with Crippen LogP contribution in [0.25, 0.3) is 10.7 Å². The molecule has 0 unspecified atom stereocenters. The van der Waals surface area contributed by atoms with Crippen LogP contribution in [0.15, 0.2) is 24.4 Å². The van der Waals surface area contributed by atoms with Gasteiger partial charge in [-0.05, 0) is 12.1 Å². The van der Waals surface area contributed by atoms with Crippen molar-refractivity contribution in [3.63, 3.8) is 0 Å². The molecule has 0 aromatic carbocycles. The van der Waals surface area contributed by atoms with Crippen LogP contribution in [0.5, 0.6) is 0 Å². The molecule has 0 fully saturated rings. The number of nitrogens with one attached hydrogen (secondary N) is 1. The summed E-state index contributed by atoms with van der Waals surface area (Å²) in [6.45, 7) is 0. The zero-order chi connectivity index (χ0) is 9.10. The summed E-state index contributed by atoms with van der Waals surface area (Å²) in [5.74, 6) is 0. The second-order valence-electron chi connectivity index (χ2n) is 2.38. The molecule has 5 heteroatoms. The number of hydrogen-bond acceptors (Lipinski definition) is 5. The quantitative estimate of drug-likeness (QED) is 0.786. The van der Waals surface area contributed by atoms with Gasteiger partial charge >= 0.3 is 0 Å². The summed E-state index contributed by atoms with van der Waals surface area (Å²) < 4.78 is 0. The van der Waals surface area contributed by atoms with E-state index in [0.29, 0.717) is 0 Å². The lowest BCUT2D eigenvalue weighted by molar-refractivity contribution is 1.08.